The van der Waals surface area contributed by atoms with E-state index in [0.717, 1.165) is 6.42 Å². The molecule has 3 nitrogen and oxygen atoms in total. The Morgan fingerprint density at radius 1 is 1.42 bits per heavy atom. The smallest absolute Gasteiger partial charge is 0.220 e. The van der Waals surface area contributed by atoms with Gasteiger partial charge in [-0.15, -0.1) is 12.4 Å². The van der Waals surface area contributed by atoms with E-state index in [1.54, 1.807) is 0 Å². The predicted octanol–water partition coefficient (Wildman–Crippen LogP) is 2.20. The van der Waals surface area contributed by atoms with Crippen molar-refractivity contribution in [2.24, 2.45) is 11.7 Å². The Morgan fingerprint density at radius 2 is 2.11 bits per heavy atom. The average Bonchev–Trinajstić information content (AvgIpc) is 3.19. The molecule has 0 heterocycles. The van der Waals surface area contributed by atoms with Crippen LogP contribution in [0.25, 0.3) is 0 Å². The monoisotopic (exact) mass is 282 g/mol. The zero-order valence-electron chi connectivity index (χ0n) is 11.4. The van der Waals surface area contributed by atoms with Crippen molar-refractivity contribution < 1.29 is 4.79 Å². The molecule has 1 aromatic carbocycles. The van der Waals surface area contributed by atoms with Crippen LogP contribution in [0.1, 0.15) is 30.4 Å². The molecule has 1 fully saturated rings. The van der Waals surface area contributed by atoms with E-state index in [1.165, 1.54) is 24.0 Å². The van der Waals surface area contributed by atoms with Crippen LogP contribution in [-0.4, -0.2) is 18.5 Å². The Morgan fingerprint density at radius 3 is 2.68 bits per heavy atom. The molecule has 1 atom stereocenters. The minimum Gasteiger partial charge on any atom is -0.352 e. The van der Waals surface area contributed by atoms with Gasteiger partial charge in [-0.25, -0.2) is 0 Å². The Hall–Kier alpha value is -1.06. The van der Waals surface area contributed by atoms with Crippen LogP contribution in [0.15, 0.2) is 24.3 Å². The van der Waals surface area contributed by atoms with Gasteiger partial charge in [-0.1, -0.05) is 24.3 Å². The SMILES string of the molecule is Cc1ccccc1CCC(=O)NC(CN)C1CC1.Cl. The molecule has 0 saturated heterocycles. The molecular formula is C15H23ClN2O. The molecular weight excluding hydrogens is 260 g/mol. The number of rotatable bonds is 6. The zero-order valence-corrected chi connectivity index (χ0v) is 12.2. The van der Waals surface area contributed by atoms with E-state index in [1.807, 2.05) is 12.1 Å². The molecule has 106 valence electrons. The highest BCUT2D eigenvalue weighted by Gasteiger charge is 2.30. The first kappa shape index (κ1) is 16.0. The van der Waals surface area contributed by atoms with Gasteiger partial charge in [0.2, 0.25) is 5.91 Å². The van der Waals surface area contributed by atoms with E-state index in [0.29, 0.717) is 18.9 Å². The van der Waals surface area contributed by atoms with Crippen molar-refractivity contribution >= 4 is 18.3 Å². The largest absolute Gasteiger partial charge is 0.352 e. The lowest BCUT2D eigenvalue weighted by Crippen LogP contribution is -2.41. The molecule has 3 N–H and O–H groups in total. The van der Waals surface area contributed by atoms with Gasteiger partial charge in [0.1, 0.15) is 0 Å². The summed E-state index contributed by atoms with van der Waals surface area (Å²) < 4.78 is 0. The Kier molecular flexibility index (Phi) is 6.32. The van der Waals surface area contributed by atoms with E-state index in [2.05, 4.69) is 24.4 Å². The number of amides is 1. The van der Waals surface area contributed by atoms with Gasteiger partial charge in [-0.2, -0.15) is 0 Å². The van der Waals surface area contributed by atoms with Crippen LogP contribution in [-0.2, 0) is 11.2 Å². The normalized spacial score (nSPS) is 15.5. The van der Waals surface area contributed by atoms with E-state index >= 15 is 0 Å². The number of hydrogen-bond donors (Lipinski definition) is 2. The van der Waals surface area contributed by atoms with Crippen LogP contribution in [0.4, 0.5) is 0 Å². The van der Waals surface area contributed by atoms with Crippen molar-refractivity contribution in [3.63, 3.8) is 0 Å². The fraction of sp³-hybridized carbons (Fsp3) is 0.533. The summed E-state index contributed by atoms with van der Waals surface area (Å²) in [5.41, 5.74) is 8.18. The minimum absolute atomic E-state index is 0. The standard InChI is InChI=1S/C15H22N2O.ClH/c1-11-4-2-3-5-12(11)8-9-15(18)17-14(10-16)13-6-7-13;/h2-5,13-14H,6-10,16H2,1H3,(H,17,18);1H. The second-order valence-corrected chi connectivity index (χ2v) is 5.17. The molecule has 1 aliphatic carbocycles. The molecule has 2 rings (SSSR count). The quantitative estimate of drug-likeness (QED) is 0.840. The van der Waals surface area contributed by atoms with Gasteiger partial charge < -0.3 is 11.1 Å². The number of nitrogens with two attached hydrogens (primary N) is 1. The van der Waals surface area contributed by atoms with Crippen molar-refractivity contribution in [1.82, 2.24) is 5.32 Å². The highest BCUT2D eigenvalue weighted by molar-refractivity contribution is 5.85. The number of halogens is 1. The molecule has 0 aliphatic heterocycles. The van der Waals surface area contributed by atoms with Gasteiger partial charge in [0.05, 0.1) is 0 Å². The van der Waals surface area contributed by atoms with Gasteiger partial charge >= 0.3 is 0 Å². The Labute approximate surface area is 121 Å². The third-order valence-electron chi connectivity index (χ3n) is 3.67. The molecule has 1 amide bonds. The maximum Gasteiger partial charge on any atom is 0.220 e. The van der Waals surface area contributed by atoms with Gasteiger partial charge in [0.25, 0.3) is 0 Å². The molecule has 0 aromatic heterocycles. The molecule has 1 unspecified atom stereocenters. The summed E-state index contributed by atoms with van der Waals surface area (Å²) in [5.74, 6) is 0.748. The lowest BCUT2D eigenvalue weighted by atomic mass is 10.0. The number of carbonyl (C=O) groups is 1. The molecule has 0 radical (unpaired) electrons. The van der Waals surface area contributed by atoms with E-state index in [9.17, 15) is 4.79 Å². The molecule has 1 aliphatic rings. The van der Waals surface area contributed by atoms with E-state index in [-0.39, 0.29) is 24.4 Å². The lowest BCUT2D eigenvalue weighted by molar-refractivity contribution is -0.121. The molecule has 0 spiro atoms. The summed E-state index contributed by atoms with van der Waals surface area (Å²) in [6, 6.07) is 8.41. The predicted molar refractivity (Wildman–Crippen MR) is 80.5 cm³/mol. The highest BCUT2D eigenvalue weighted by Crippen LogP contribution is 2.32. The average molecular weight is 283 g/mol. The van der Waals surface area contributed by atoms with E-state index in [4.69, 9.17) is 5.73 Å². The second kappa shape index (κ2) is 7.51. The minimum atomic E-state index is 0. The Balaban J connectivity index is 0.00000180. The fourth-order valence-corrected chi connectivity index (χ4v) is 2.29. The first-order chi connectivity index (χ1) is 8.70. The van der Waals surface area contributed by atoms with E-state index < -0.39 is 0 Å². The van der Waals surface area contributed by atoms with Crippen molar-refractivity contribution in [1.29, 1.82) is 0 Å². The van der Waals surface area contributed by atoms with Crippen molar-refractivity contribution in [2.45, 2.75) is 38.6 Å². The van der Waals surface area contributed by atoms with Crippen LogP contribution in [0, 0.1) is 12.8 Å². The van der Waals surface area contributed by atoms with Gasteiger partial charge in [-0.3, -0.25) is 4.79 Å². The second-order valence-electron chi connectivity index (χ2n) is 5.17. The number of nitrogens with one attached hydrogen (secondary N) is 1. The van der Waals surface area contributed by atoms with Gasteiger partial charge in [-0.05, 0) is 43.2 Å². The maximum atomic E-state index is 11.9. The Bertz CT molecular complexity index is 418. The third-order valence-corrected chi connectivity index (χ3v) is 3.67. The fourth-order valence-electron chi connectivity index (χ4n) is 2.29. The highest BCUT2D eigenvalue weighted by atomic mass is 35.5. The number of carbonyl (C=O) groups excluding carboxylic acids is 1. The molecule has 1 saturated carbocycles. The number of aryl methyl sites for hydroxylation is 2. The van der Waals surface area contributed by atoms with Crippen LogP contribution in [0.5, 0.6) is 0 Å². The van der Waals surface area contributed by atoms with Crippen molar-refractivity contribution in [3.8, 4) is 0 Å². The molecule has 0 bridgehead atoms. The zero-order chi connectivity index (χ0) is 13.0. The lowest BCUT2D eigenvalue weighted by Gasteiger charge is -2.16. The van der Waals surface area contributed by atoms with Gasteiger partial charge in [0, 0.05) is 19.0 Å². The van der Waals surface area contributed by atoms with Crippen LogP contribution in [0.3, 0.4) is 0 Å². The summed E-state index contributed by atoms with van der Waals surface area (Å²) in [4.78, 5) is 11.9. The topological polar surface area (TPSA) is 55.1 Å². The summed E-state index contributed by atoms with van der Waals surface area (Å²) in [6.07, 6.45) is 3.77. The molecule has 4 heteroatoms. The first-order valence-corrected chi connectivity index (χ1v) is 6.74. The van der Waals surface area contributed by atoms with Crippen molar-refractivity contribution in [3.05, 3.63) is 35.4 Å². The van der Waals surface area contributed by atoms with Crippen molar-refractivity contribution in [2.75, 3.05) is 6.54 Å². The molecule has 19 heavy (non-hydrogen) atoms. The van der Waals surface area contributed by atoms with Crippen LogP contribution in [0.2, 0.25) is 0 Å². The first-order valence-electron chi connectivity index (χ1n) is 6.74. The summed E-state index contributed by atoms with van der Waals surface area (Å²) in [5, 5.41) is 3.05. The van der Waals surface area contributed by atoms with Crippen LogP contribution >= 0.6 is 12.4 Å². The number of benzene rings is 1. The van der Waals surface area contributed by atoms with Gasteiger partial charge in [0.15, 0.2) is 0 Å². The molecule has 1 aromatic rings. The maximum absolute atomic E-state index is 11.9. The number of hydrogen-bond acceptors (Lipinski definition) is 2. The summed E-state index contributed by atoms with van der Waals surface area (Å²) in [6.45, 7) is 2.64. The summed E-state index contributed by atoms with van der Waals surface area (Å²) in [7, 11) is 0. The third kappa shape index (κ3) is 4.84. The van der Waals surface area contributed by atoms with Crippen LogP contribution < -0.4 is 11.1 Å². The summed E-state index contributed by atoms with van der Waals surface area (Å²) >= 11 is 0.